The zero-order chi connectivity index (χ0) is 26.7. The number of carbonyl (C=O) groups excluding carboxylic acids is 1. The number of fused-ring (bicyclic) bond motifs is 1. The molecule has 1 aromatic carbocycles. The van der Waals surface area contributed by atoms with Gasteiger partial charge in [0.15, 0.2) is 0 Å². The Balaban J connectivity index is 1.27. The fourth-order valence-electron chi connectivity index (χ4n) is 6.06. The number of hydrogen-bond acceptors (Lipinski definition) is 7. The lowest BCUT2D eigenvalue weighted by molar-refractivity contribution is 0.0351. The van der Waals surface area contributed by atoms with Crippen molar-refractivity contribution in [1.82, 2.24) is 14.2 Å². The number of nitrogens with zero attached hydrogens (tertiary/aromatic N) is 3. The highest BCUT2D eigenvalue weighted by Gasteiger charge is 2.48. The minimum atomic E-state index is -3.74. The third kappa shape index (κ3) is 5.82. The number of methoxy groups -OCH3 is 1. The Morgan fingerprint density at radius 2 is 1.82 bits per heavy atom. The predicted molar refractivity (Wildman–Crippen MR) is 141 cm³/mol. The topological polar surface area (TPSA) is 98.3 Å². The van der Waals surface area contributed by atoms with Crippen LogP contribution in [0.3, 0.4) is 0 Å². The van der Waals surface area contributed by atoms with Gasteiger partial charge in [0.1, 0.15) is 11.5 Å². The van der Waals surface area contributed by atoms with Crippen molar-refractivity contribution in [3.05, 3.63) is 53.7 Å². The largest absolute Gasteiger partial charge is 0.480 e. The number of hydrogen-bond donors (Lipinski definition) is 0. The first kappa shape index (κ1) is 26.9. The first-order valence-electron chi connectivity index (χ1n) is 13.4. The average molecular weight is 544 g/mol. The molecular weight excluding hydrogens is 506 g/mol. The second-order valence-electron chi connectivity index (χ2n) is 10.7. The molecule has 0 bridgehead atoms. The summed E-state index contributed by atoms with van der Waals surface area (Å²) in [7, 11) is -2.30. The van der Waals surface area contributed by atoms with Crippen molar-refractivity contribution in [2.24, 2.45) is 17.8 Å². The van der Waals surface area contributed by atoms with E-state index in [2.05, 4.69) is 4.98 Å². The molecule has 3 aliphatic rings. The van der Waals surface area contributed by atoms with E-state index < -0.39 is 10.0 Å². The zero-order valence-electron chi connectivity index (χ0n) is 22.1. The van der Waals surface area contributed by atoms with Gasteiger partial charge in [0.25, 0.3) is 0 Å². The molecule has 2 aliphatic heterocycles. The first-order chi connectivity index (χ1) is 18.3. The van der Waals surface area contributed by atoms with Gasteiger partial charge < -0.3 is 19.1 Å². The van der Waals surface area contributed by atoms with Crippen molar-refractivity contribution >= 4 is 16.1 Å². The Labute approximate surface area is 225 Å². The summed E-state index contributed by atoms with van der Waals surface area (Å²) in [4.78, 5) is 19.5. The lowest BCUT2D eigenvalue weighted by Crippen LogP contribution is -2.44. The highest BCUT2D eigenvalue weighted by Crippen LogP contribution is 2.43. The van der Waals surface area contributed by atoms with Crippen LogP contribution in [0.25, 0.3) is 0 Å². The van der Waals surface area contributed by atoms with Crippen LogP contribution >= 0.6 is 0 Å². The molecule has 1 aromatic heterocycles. The van der Waals surface area contributed by atoms with E-state index in [0.29, 0.717) is 25.6 Å². The van der Waals surface area contributed by atoms with Gasteiger partial charge in [-0.1, -0.05) is 30.3 Å². The van der Waals surface area contributed by atoms with E-state index in [4.69, 9.17) is 14.2 Å². The SMILES string of the molecule is COc1ncc(C)cc1S(=O)(=O)N1CC2CC(N(CC3CCOCC3)C(=O)OCc3ccccc3)CC2C1. The van der Waals surface area contributed by atoms with Crippen LogP contribution in [0.15, 0.2) is 47.5 Å². The highest BCUT2D eigenvalue weighted by molar-refractivity contribution is 7.89. The van der Waals surface area contributed by atoms with Crippen molar-refractivity contribution < 1.29 is 27.4 Å². The molecule has 0 spiro atoms. The molecule has 2 aromatic rings. The van der Waals surface area contributed by atoms with E-state index >= 15 is 0 Å². The molecule has 0 N–H and O–H groups in total. The molecule has 1 saturated carbocycles. The summed E-state index contributed by atoms with van der Waals surface area (Å²) in [5.41, 5.74) is 1.72. The Kier molecular flexibility index (Phi) is 8.20. The highest BCUT2D eigenvalue weighted by atomic mass is 32.2. The third-order valence-electron chi connectivity index (χ3n) is 8.13. The summed E-state index contributed by atoms with van der Waals surface area (Å²) < 4.78 is 45.1. The predicted octanol–water partition coefficient (Wildman–Crippen LogP) is 3.86. The monoisotopic (exact) mass is 543 g/mol. The molecule has 206 valence electrons. The minimum Gasteiger partial charge on any atom is -0.480 e. The van der Waals surface area contributed by atoms with Crippen molar-refractivity contribution in [3.63, 3.8) is 0 Å². The fraction of sp³-hybridized carbons (Fsp3) is 0.571. The number of aryl methyl sites for hydroxylation is 1. The Hall–Kier alpha value is -2.69. The Morgan fingerprint density at radius 1 is 1.13 bits per heavy atom. The lowest BCUT2D eigenvalue weighted by Gasteiger charge is -2.34. The number of carbonyl (C=O) groups is 1. The van der Waals surface area contributed by atoms with Gasteiger partial charge in [-0.05, 0) is 67.6 Å². The van der Waals surface area contributed by atoms with Crippen LogP contribution in [-0.2, 0) is 26.1 Å². The molecule has 5 rings (SSSR count). The van der Waals surface area contributed by atoms with Gasteiger partial charge in [0, 0.05) is 45.1 Å². The quantitative estimate of drug-likeness (QED) is 0.499. The standard InChI is InChI=1S/C28H37N3O6S/c1-20-12-26(27(35-2)29-15-20)38(33,34)30-17-23-13-25(14-24(23)18-30)31(16-21-8-10-36-11-9-21)28(32)37-19-22-6-4-3-5-7-22/h3-7,12,15,21,23-25H,8-11,13-14,16-19H2,1-2H3. The van der Waals surface area contributed by atoms with Crippen molar-refractivity contribution in [2.75, 3.05) is 40.0 Å². The van der Waals surface area contributed by atoms with Gasteiger partial charge in [0.05, 0.1) is 7.11 Å². The number of sulfonamides is 1. The number of rotatable bonds is 8. The first-order valence-corrected chi connectivity index (χ1v) is 14.8. The summed E-state index contributed by atoms with van der Waals surface area (Å²) in [6, 6.07) is 11.4. The summed E-state index contributed by atoms with van der Waals surface area (Å²) in [6.07, 6.45) is 4.71. The van der Waals surface area contributed by atoms with Crippen molar-refractivity contribution in [2.45, 2.75) is 50.2 Å². The molecule has 9 nitrogen and oxygen atoms in total. The van der Waals surface area contributed by atoms with E-state index in [-0.39, 0.29) is 41.4 Å². The van der Waals surface area contributed by atoms with Crippen LogP contribution in [0.1, 0.15) is 36.8 Å². The van der Waals surface area contributed by atoms with Crippen LogP contribution in [0, 0.1) is 24.7 Å². The normalized spacial score (nSPS) is 24.2. The van der Waals surface area contributed by atoms with Gasteiger partial charge in [-0.3, -0.25) is 0 Å². The van der Waals surface area contributed by atoms with E-state index in [9.17, 15) is 13.2 Å². The van der Waals surface area contributed by atoms with E-state index in [1.54, 1.807) is 16.6 Å². The van der Waals surface area contributed by atoms with Crippen LogP contribution in [0.4, 0.5) is 4.79 Å². The third-order valence-corrected chi connectivity index (χ3v) is 9.96. The van der Waals surface area contributed by atoms with Gasteiger partial charge in [-0.15, -0.1) is 0 Å². The summed E-state index contributed by atoms with van der Waals surface area (Å²) >= 11 is 0. The summed E-state index contributed by atoms with van der Waals surface area (Å²) in [5, 5.41) is 0. The number of amides is 1. The molecule has 3 heterocycles. The minimum absolute atomic E-state index is 0.0381. The second kappa shape index (κ2) is 11.6. The van der Waals surface area contributed by atoms with E-state index in [1.807, 2.05) is 42.2 Å². The lowest BCUT2D eigenvalue weighted by atomic mass is 9.98. The van der Waals surface area contributed by atoms with Crippen LogP contribution in [0.2, 0.25) is 0 Å². The van der Waals surface area contributed by atoms with Crippen LogP contribution in [0.5, 0.6) is 5.88 Å². The number of pyridine rings is 1. The molecule has 2 atom stereocenters. The maximum atomic E-state index is 13.5. The molecule has 2 saturated heterocycles. The van der Waals surface area contributed by atoms with Gasteiger partial charge in [-0.25, -0.2) is 18.2 Å². The van der Waals surface area contributed by atoms with Crippen LogP contribution < -0.4 is 4.74 Å². The summed E-state index contributed by atoms with van der Waals surface area (Å²) in [5.74, 6) is 0.885. The Bertz CT molecular complexity index is 1200. The number of aromatic nitrogens is 1. The molecule has 10 heteroatoms. The average Bonchev–Trinajstić information content (AvgIpc) is 3.52. The molecule has 1 aliphatic carbocycles. The molecule has 0 radical (unpaired) electrons. The maximum Gasteiger partial charge on any atom is 0.410 e. The van der Waals surface area contributed by atoms with Crippen LogP contribution in [-0.4, -0.2) is 74.7 Å². The molecular formula is C28H37N3O6S. The Morgan fingerprint density at radius 3 is 2.47 bits per heavy atom. The van der Waals surface area contributed by atoms with Gasteiger partial charge in [-0.2, -0.15) is 4.31 Å². The molecule has 2 unspecified atom stereocenters. The molecule has 38 heavy (non-hydrogen) atoms. The maximum absolute atomic E-state index is 13.5. The van der Waals surface area contributed by atoms with Crippen molar-refractivity contribution in [3.8, 4) is 5.88 Å². The smallest absolute Gasteiger partial charge is 0.410 e. The van der Waals surface area contributed by atoms with E-state index in [1.165, 1.54) is 7.11 Å². The molecule has 1 amide bonds. The van der Waals surface area contributed by atoms with Gasteiger partial charge >= 0.3 is 6.09 Å². The summed E-state index contributed by atoms with van der Waals surface area (Å²) in [6.45, 7) is 5.01. The second-order valence-corrected chi connectivity index (χ2v) is 12.6. The molecule has 3 fully saturated rings. The van der Waals surface area contributed by atoms with Gasteiger partial charge in [0.2, 0.25) is 15.9 Å². The number of ether oxygens (including phenoxy) is 3. The van der Waals surface area contributed by atoms with Crippen molar-refractivity contribution in [1.29, 1.82) is 0 Å². The fourth-order valence-corrected chi connectivity index (χ4v) is 7.81. The zero-order valence-corrected chi connectivity index (χ0v) is 22.9. The number of benzene rings is 1. The van der Waals surface area contributed by atoms with E-state index in [0.717, 1.165) is 50.0 Å².